The molecule has 8 nitrogen and oxygen atoms in total. The van der Waals surface area contributed by atoms with Crippen LogP contribution in [0.15, 0.2) is 30.5 Å². The number of aromatic nitrogens is 2. The Hall–Kier alpha value is -3.29. The predicted octanol–water partition coefficient (Wildman–Crippen LogP) is 1.09. The molecule has 0 saturated carbocycles. The molecular formula is C17H18N4O4. The molecule has 0 spiro atoms. The number of carbonyl (C=O) groups excluding carboxylic acids is 2. The van der Waals surface area contributed by atoms with E-state index in [0.717, 1.165) is 0 Å². The smallest absolute Gasteiger partial charge is 0.322 e. The minimum Gasteiger partial charge on any atom is -0.480 e. The normalized spacial score (nSPS) is 10.2. The lowest BCUT2D eigenvalue weighted by molar-refractivity contribution is -0.137. The first-order valence-electron chi connectivity index (χ1n) is 7.54. The monoisotopic (exact) mass is 342 g/mol. The summed E-state index contributed by atoms with van der Waals surface area (Å²) < 4.78 is 0. The largest absolute Gasteiger partial charge is 0.480 e. The molecular weight excluding hydrogens is 324 g/mol. The zero-order valence-electron chi connectivity index (χ0n) is 13.9. The van der Waals surface area contributed by atoms with E-state index < -0.39 is 12.5 Å². The van der Waals surface area contributed by atoms with Crippen LogP contribution in [0, 0.1) is 13.8 Å². The number of nitrogens with zero attached hydrogens (tertiary/aromatic N) is 2. The van der Waals surface area contributed by atoms with Crippen LogP contribution in [0.25, 0.3) is 0 Å². The van der Waals surface area contributed by atoms with Gasteiger partial charge in [-0.05, 0) is 31.5 Å². The second kappa shape index (κ2) is 8.00. The lowest BCUT2D eigenvalue weighted by atomic mass is 10.1. The van der Waals surface area contributed by atoms with E-state index in [-0.39, 0.29) is 18.2 Å². The van der Waals surface area contributed by atoms with E-state index in [0.29, 0.717) is 28.3 Å². The van der Waals surface area contributed by atoms with Crippen LogP contribution in [0.3, 0.4) is 0 Å². The molecule has 0 atom stereocenters. The summed E-state index contributed by atoms with van der Waals surface area (Å²) in [6.07, 6.45) is 1.54. The van der Waals surface area contributed by atoms with Crippen molar-refractivity contribution in [1.29, 1.82) is 0 Å². The minimum absolute atomic E-state index is 0.0619. The molecule has 2 aromatic rings. The third-order valence-electron chi connectivity index (χ3n) is 3.36. The van der Waals surface area contributed by atoms with Crippen molar-refractivity contribution in [3.8, 4) is 0 Å². The van der Waals surface area contributed by atoms with Crippen LogP contribution < -0.4 is 10.6 Å². The molecule has 3 N–H and O–H groups in total. The fourth-order valence-corrected chi connectivity index (χ4v) is 2.13. The van der Waals surface area contributed by atoms with Crippen molar-refractivity contribution >= 4 is 23.5 Å². The van der Waals surface area contributed by atoms with Gasteiger partial charge in [-0.2, -0.15) is 0 Å². The Balaban J connectivity index is 1.96. The highest BCUT2D eigenvalue weighted by molar-refractivity contribution is 6.04. The molecule has 0 fully saturated rings. The molecule has 0 unspecified atom stereocenters. The second-order valence-electron chi connectivity index (χ2n) is 5.41. The van der Waals surface area contributed by atoms with Crippen LogP contribution in [-0.4, -0.2) is 39.4 Å². The molecule has 1 aromatic heterocycles. The molecule has 1 heterocycles. The summed E-state index contributed by atoms with van der Waals surface area (Å²) in [6, 6.07) is 6.72. The van der Waals surface area contributed by atoms with Gasteiger partial charge in [-0.25, -0.2) is 9.97 Å². The molecule has 130 valence electrons. The maximum Gasteiger partial charge on any atom is 0.322 e. The molecule has 0 aliphatic heterocycles. The molecule has 25 heavy (non-hydrogen) atoms. The first-order chi connectivity index (χ1) is 11.8. The average Bonchev–Trinajstić information content (AvgIpc) is 2.54. The number of rotatable bonds is 6. The van der Waals surface area contributed by atoms with Crippen LogP contribution in [0.4, 0.5) is 5.69 Å². The first kappa shape index (κ1) is 18.1. The van der Waals surface area contributed by atoms with Crippen molar-refractivity contribution < 1.29 is 19.5 Å². The average molecular weight is 342 g/mol. The number of hydrogen-bond donors (Lipinski definition) is 3. The van der Waals surface area contributed by atoms with Gasteiger partial charge in [-0.3, -0.25) is 14.4 Å². The molecule has 0 radical (unpaired) electrons. The van der Waals surface area contributed by atoms with Crippen LogP contribution in [0.1, 0.15) is 27.4 Å². The summed E-state index contributed by atoms with van der Waals surface area (Å²) >= 11 is 0. The number of nitrogens with one attached hydrogen (secondary N) is 2. The maximum atomic E-state index is 12.2. The van der Waals surface area contributed by atoms with E-state index in [1.807, 2.05) is 0 Å². The molecule has 2 amide bonds. The number of hydrogen-bond acceptors (Lipinski definition) is 5. The summed E-state index contributed by atoms with van der Waals surface area (Å²) in [4.78, 5) is 42.4. The number of anilines is 1. The van der Waals surface area contributed by atoms with Gasteiger partial charge in [0.1, 0.15) is 12.4 Å². The van der Waals surface area contributed by atoms with Crippen molar-refractivity contribution in [2.75, 3.05) is 11.9 Å². The summed E-state index contributed by atoms with van der Waals surface area (Å²) in [5.74, 6) is -1.20. The predicted molar refractivity (Wildman–Crippen MR) is 90.3 cm³/mol. The molecule has 2 rings (SSSR count). The van der Waals surface area contributed by atoms with Gasteiger partial charge in [-0.15, -0.1) is 0 Å². The number of amides is 2. The first-order valence-corrected chi connectivity index (χ1v) is 7.54. The summed E-state index contributed by atoms with van der Waals surface area (Å²) in [7, 11) is 0. The van der Waals surface area contributed by atoms with E-state index in [2.05, 4.69) is 20.6 Å². The number of carboxylic acids is 1. The van der Waals surface area contributed by atoms with Crippen molar-refractivity contribution in [3.63, 3.8) is 0 Å². The molecule has 8 heteroatoms. The third-order valence-corrected chi connectivity index (χ3v) is 3.36. The van der Waals surface area contributed by atoms with Gasteiger partial charge in [0, 0.05) is 11.9 Å². The van der Waals surface area contributed by atoms with Gasteiger partial charge in [0.15, 0.2) is 0 Å². The fraction of sp³-hybridized carbons (Fsp3) is 0.235. The minimum atomic E-state index is -1.10. The maximum absolute atomic E-state index is 12.2. The SMILES string of the molecule is Cc1ncc(C(=O)Nc2ccc(CC(=O)NCC(=O)O)cc2)c(C)n1. The molecule has 0 bridgehead atoms. The Morgan fingerprint density at radius 2 is 1.80 bits per heavy atom. The van der Waals surface area contributed by atoms with E-state index in [9.17, 15) is 14.4 Å². The molecule has 1 aromatic carbocycles. The van der Waals surface area contributed by atoms with Gasteiger partial charge in [0.2, 0.25) is 5.91 Å². The van der Waals surface area contributed by atoms with Gasteiger partial charge < -0.3 is 15.7 Å². The van der Waals surface area contributed by atoms with Gasteiger partial charge >= 0.3 is 5.97 Å². The lowest BCUT2D eigenvalue weighted by Gasteiger charge is -2.08. The Bertz CT molecular complexity index is 803. The third kappa shape index (κ3) is 5.38. The Morgan fingerprint density at radius 3 is 2.40 bits per heavy atom. The highest BCUT2D eigenvalue weighted by Crippen LogP contribution is 2.13. The number of aliphatic carboxylic acids is 1. The summed E-state index contributed by atoms with van der Waals surface area (Å²) in [5, 5.41) is 13.5. The van der Waals surface area contributed by atoms with Crippen molar-refractivity contribution in [2.24, 2.45) is 0 Å². The summed E-state index contributed by atoms with van der Waals surface area (Å²) in [6.45, 7) is 3.08. The van der Waals surface area contributed by atoms with Crippen molar-refractivity contribution in [2.45, 2.75) is 20.3 Å². The van der Waals surface area contributed by atoms with Crippen LogP contribution >= 0.6 is 0 Å². The molecule has 0 saturated heterocycles. The van der Waals surface area contributed by atoms with Crippen molar-refractivity contribution in [1.82, 2.24) is 15.3 Å². The van der Waals surface area contributed by atoms with E-state index >= 15 is 0 Å². The standard InChI is InChI=1S/C17H18N4O4/c1-10-14(8-18-11(2)20-10)17(25)21-13-5-3-12(4-6-13)7-15(22)19-9-16(23)24/h3-6,8H,7,9H2,1-2H3,(H,19,22)(H,21,25)(H,23,24). The Labute approximate surface area is 144 Å². The number of aryl methyl sites for hydroxylation is 2. The van der Waals surface area contributed by atoms with E-state index in [1.54, 1.807) is 38.1 Å². The van der Waals surface area contributed by atoms with E-state index in [4.69, 9.17) is 5.11 Å². The Kier molecular flexibility index (Phi) is 5.78. The van der Waals surface area contributed by atoms with Crippen molar-refractivity contribution in [3.05, 3.63) is 53.1 Å². The lowest BCUT2D eigenvalue weighted by Crippen LogP contribution is -2.30. The topological polar surface area (TPSA) is 121 Å². The van der Waals surface area contributed by atoms with Crippen LogP contribution in [0.2, 0.25) is 0 Å². The van der Waals surface area contributed by atoms with E-state index in [1.165, 1.54) is 6.20 Å². The number of carbonyl (C=O) groups is 3. The Morgan fingerprint density at radius 1 is 1.12 bits per heavy atom. The van der Waals surface area contributed by atoms with Gasteiger partial charge in [0.25, 0.3) is 5.91 Å². The zero-order chi connectivity index (χ0) is 18.4. The van der Waals surface area contributed by atoms with Crippen LogP contribution in [-0.2, 0) is 16.0 Å². The molecule has 0 aliphatic rings. The fourth-order valence-electron chi connectivity index (χ4n) is 2.13. The zero-order valence-corrected chi connectivity index (χ0v) is 13.9. The second-order valence-corrected chi connectivity index (χ2v) is 5.41. The summed E-state index contributed by atoms with van der Waals surface area (Å²) in [5.41, 5.74) is 2.26. The quantitative estimate of drug-likeness (QED) is 0.722. The highest BCUT2D eigenvalue weighted by atomic mass is 16.4. The van der Waals surface area contributed by atoms with Gasteiger partial charge in [0.05, 0.1) is 17.7 Å². The number of carboxylic acid groups (broad SMARTS) is 1. The number of benzene rings is 1. The highest BCUT2D eigenvalue weighted by Gasteiger charge is 2.11. The van der Waals surface area contributed by atoms with Crippen LogP contribution in [0.5, 0.6) is 0 Å². The van der Waals surface area contributed by atoms with Gasteiger partial charge in [-0.1, -0.05) is 12.1 Å². The molecule has 0 aliphatic carbocycles.